The number of hydrogen-bond acceptors (Lipinski definition) is 6. The summed E-state index contributed by atoms with van der Waals surface area (Å²) < 4.78 is 39.8. The molecule has 0 heterocycles. The number of carbonyl (C=O) groups excluding carboxylic acids is 2. The standard InChI is InChI=1S/C32H41N3O6S/c1-7-28(32(37)33-20-23(2)3)34(21-25-15-13-24(4)14-16-25)31(36)22-35(26-11-9-8-10-12-26)42(38,39)27-17-18-29(40-5)30(19-27)41-6/h8-19,23,28H,7,20-22H2,1-6H3,(H,33,37). The van der Waals surface area contributed by atoms with Crippen molar-refractivity contribution in [2.24, 2.45) is 5.92 Å². The van der Waals surface area contributed by atoms with E-state index >= 15 is 0 Å². The second-order valence-electron chi connectivity index (χ2n) is 10.4. The molecule has 0 aliphatic rings. The highest BCUT2D eigenvalue weighted by molar-refractivity contribution is 7.92. The molecule has 42 heavy (non-hydrogen) atoms. The number of sulfonamides is 1. The number of rotatable bonds is 14. The molecule has 9 nitrogen and oxygen atoms in total. The second-order valence-corrected chi connectivity index (χ2v) is 12.3. The number of benzene rings is 3. The Kier molecular flexibility index (Phi) is 11.4. The summed E-state index contributed by atoms with van der Waals surface area (Å²) in [6.45, 7) is 7.89. The molecule has 0 aromatic heterocycles. The molecule has 0 radical (unpaired) electrons. The van der Waals surface area contributed by atoms with Crippen LogP contribution in [0.15, 0.2) is 77.7 Å². The maximum atomic E-state index is 14.1. The fourth-order valence-electron chi connectivity index (χ4n) is 4.46. The van der Waals surface area contributed by atoms with Crippen LogP contribution < -0.4 is 19.1 Å². The van der Waals surface area contributed by atoms with Crippen molar-refractivity contribution in [3.8, 4) is 11.5 Å². The van der Waals surface area contributed by atoms with E-state index in [0.717, 1.165) is 15.4 Å². The number of hydrogen-bond donors (Lipinski definition) is 1. The fraction of sp³-hybridized carbons (Fsp3) is 0.375. The van der Waals surface area contributed by atoms with Gasteiger partial charge >= 0.3 is 0 Å². The first-order valence-corrected chi connectivity index (χ1v) is 15.4. The molecular weight excluding hydrogens is 554 g/mol. The van der Waals surface area contributed by atoms with Gasteiger partial charge in [0.05, 0.1) is 24.8 Å². The molecule has 3 aromatic rings. The summed E-state index contributed by atoms with van der Waals surface area (Å²) in [6, 6.07) is 19.6. The summed E-state index contributed by atoms with van der Waals surface area (Å²) >= 11 is 0. The van der Waals surface area contributed by atoms with Crippen LogP contribution in [0.5, 0.6) is 11.5 Å². The summed E-state index contributed by atoms with van der Waals surface area (Å²) in [5.74, 6) is 0.0663. The van der Waals surface area contributed by atoms with Crippen molar-refractivity contribution in [3.05, 3.63) is 83.9 Å². The molecule has 0 saturated heterocycles. The number of nitrogens with one attached hydrogen (secondary N) is 1. The molecule has 1 N–H and O–H groups in total. The van der Waals surface area contributed by atoms with Gasteiger partial charge in [-0.25, -0.2) is 8.42 Å². The number of para-hydroxylation sites is 1. The molecule has 0 aliphatic carbocycles. The summed E-state index contributed by atoms with van der Waals surface area (Å²) in [5, 5.41) is 2.94. The zero-order valence-electron chi connectivity index (χ0n) is 25.2. The Labute approximate surface area is 249 Å². The average Bonchev–Trinajstić information content (AvgIpc) is 2.99. The van der Waals surface area contributed by atoms with Crippen LogP contribution in [0.4, 0.5) is 5.69 Å². The van der Waals surface area contributed by atoms with Crippen molar-refractivity contribution in [1.29, 1.82) is 0 Å². The lowest BCUT2D eigenvalue weighted by atomic mass is 10.1. The van der Waals surface area contributed by atoms with Gasteiger partial charge in [-0.05, 0) is 49.1 Å². The van der Waals surface area contributed by atoms with Gasteiger partial charge in [-0.1, -0.05) is 68.8 Å². The number of ether oxygens (including phenoxy) is 2. The van der Waals surface area contributed by atoms with E-state index in [-0.39, 0.29) is 29.0 Å². The van der Waals surface area contributed by atoms with Gasteiger partial charge < -0.3 is 19.7 Å². The maximum absolute atomic E-state index is 14.1. The highest BCUT2D eigenvalue weighted by Crippen LogP contribution is 2.32. The van der Waals surface area contributed by atoms with Crippen LogP contribution in [0.3, 0.4) is 0 Å². The quantitative estimate of drug-likeness (QED) is 0.288. The predicted octanol–water partition coefficient (Wildman–Crippen LogP) is 4.79. The fourth-order valence-corrected chi connectivity index (χ4v) is 5.89. The summed E-state index contributed by atoms with van der Waals surface area (Å²) in [7, 11) is -1.36. The molecule has 0 bridgehead atoms. The Morgan fingerprint density at radius 1 is 0.905 bits per heavy atom. The topological polar surface area (TPSA) is 105 Å². The predicted molar refractivity (Wildman–Crippen MR) is 164 cm³/mol. The normalized spacial score (nSPS) is 12.0. The third kappa shape index (κ3) is 8.03. The Morgan fingerprint density at radius 3 is 2.12 bits per heavy atom. The van der Waals surface area contributed by atoms with Gasteiger partial charge in [0.2, 0.25) is 11.8 Å². The summed E-state index contributed by atoms with van der Waals surface area (Å²) in [6.07, 6.45) is 0.356. The van der Waals surface area contributed by atoms with Crippen LogP contribution in [0, 0.1) is 12.8 Å². The lowest BCUT2D eigenvalue weighted by molar-refractivity contribution is -0.140. The maximum Gasteiger partial charge on any atom is 0.264 e. The second kappa shape index (κ2) is 14.7. The first-order chi connectivity index (χ1) is 20.0. The van der Waals surface area contributed by atoms with E-state index in [1.165, 1.54) is 37.3 Å². The van der Waals surface area contributed by atoms with E-state index in [1.54, 1.807) is 30.3 Å². The molecular formula is C32H41N3O6S. The monoisotopic (exact) mass is 595 g/mol. The van der Waals surface area contributed by atoms with Crippen molar-refractivity contribution >= 4 is 27.5 Å². The molecule has 3 aromatic carbocycles. The highest BCUT2D eigenvalue weighted by Gasteiger charge is 2.34. The van der Waals surface area contributed by atoms with E-state index in [1.807, 2.05) is 52.0 Å². The Morgan fingerprint density at radius 2 is 1.55 bits per heavy atom. The molecule has 3 rings (SSSR count). The molecule has 226 valence electrons. The molecule has 2 amide bonds. The zero-order chi connectivity index (χ0) is 30.9. The van der Waals surface area contributed by atoms with Crippen LogP contribution in [0.25, 0.3) is 0 Å². The average molecular weight is 596 g/mol. The first-order valence-electron chi connectivity index (χ1n) is 13.9. The summed E-state index contributed by atoms with van der Waals surface area (Å²) in [4.78, 5) is 28.9. The third-order valence-corrected chi connectivity index (χ3v) is 8.58. The van der Waals surface area contributed by atoms with Gasteiger partial charge in [0, 0.05) is 19.2 Å². The molecule has 1 unspecified atom stereocenters. The van der Waals surface area contributed by atoms with Gasteiger partial charge in [-0.15, -0.1) is 0 Å². The smallest absolute Gasteiger partial charge is 0.264 e. The Bertz CT molecular complexity index is 1440. The molecule has 0 spiro atoms. The SMILES string of the molecule is CCC(C(=O)NCC(C)C)N(Cc1ccc(C)cc1)C(=O)CN(c1ccccc1)S(=O)(=O)c1ccc(OC)c(OC)c1. The number of carbonyl (C=O) groups is 2. The minimum absolute atomic E-state index is 0.0661. The number of nitrogens with zero attached hydrogens (tertiary/aromatic N) is 2. The third-order valence-electron chi connectivity index (χ3n) is 6.81. The summed E-state index contributed by atoms with van der Waals surface area (Å²) in [5.41, 5.74) is 2.21. The number of aryl methyl sites for hydroxylation is 1. The van der Waals surface area contributed by atoms with E-state index in [9.17, 15) is 18.0 Å². The molecule has 0 saturated carbocycles. The van der Waals surface area contributed by atoms with Gasteiger partial charge in [0.1, 0.15) is 12.6 Å². The van der Waals surface area contributed by atoms with Gasteiger partial charge in [0.25, 0.3) is 10.0 Å². The van der Waals surface area contributed by atoms with E-state index < -0.39 is 28.5 Å². The molecule has 1 atom stereocenters. The Balaban J connectivity index is 2.05. The minimum Gasteiger partial charge on any atom is -0.493 e. The van der Waals surface area contributed by atoms with Crippen molar-refractivity contribution in [2.45, 2.75) is 51.6 Å². The van der Waals surface area contributed by atoms with Crippen molar-refractivity contribution in [2.75, 3.05) is 31.6 Å². The van der Waals surface area contributed by atoms with Gasteiger partial charge in [-0.2, -0.15) is 0 Å². The van der Waals surface area contributed by atoms with Crippen molar-refractivity contribution < 1.29 is 27.5 Å². The van der Waals surface area contributed by atoms with Crippen LogP contribution in [-0.2, 0) is 26.2 Å². The number of amides is 2. The minimum atomic E-state index is -4.24. The van der Waals surface area contributed by atoms with Crippen molar-refractivity contribution in [1.82, 2.24) is 10.2 Å². The largest absolute Gasteiger partial charge is 0.493 e. The van der Waals surface area contributed by atoms with E-state index in [0.29, 0.717) is 24.4 Å². The van der Waals surface area contributed by atoms with Crippen LogP contribution >= 0.6 is 0 Å². The highest BCUT2D eigenvalue weighted by atomic mass is 32.2. The van der Waals surface area contributed by atoms with E-state index in [2.05, 4.69) is 5.32 Å². The number of anilines is 1. The lowest BCUT2D eigenvalue weighted by Gasteiger charge is -2.33. The lowest BCUT2D eigenvalue weighted by Crippen LogP contribution is -2.52. The molecule has 10 heteroatoms. The van der Waals surface area contributed by atoms with Crippen LogP contribution in [0.1, 0.15) is 38.3 Å². The molecule has 0 aliphatic heterocycles. The van der Waals surface area contributed by atoms with Crippen molar-refractivity contribution in [3.63, 3.8) is 0 Å². The molecule has 0 fully saturated rings. The first kappa shape index (κ1) is 32.5. The zero-order valence-corrected chi connectivity index (χ0v) is 26.0. The van der Waals surface area contributed by atoms with Crippen LogP contribution in [0.2, 0.25) is 0 Å². The van der Waals surface area contributed by atoms with Crippen LogP contribution in [-0.4, -0.2) is 58.5 Å². The van der Waals surface area contributed by atoms with Gasteiger partial charge in [0.15, 0.2) is 11.5 Å². The van der Waals surface area contributed by atoms with E-state index in [4.69, 9.17) is 9.47 Å². The van der Waals surface area contributed by atoms with Gasteiger partial charge in [-0.3, -0.25) is 13.9 Å². The Hall–Kier alpha value is -4.05. The number of methoxy groups -OCH3 is 2.